The van der Waals surface area contributed by atoms with Crippen molar-refractivity contribution < 1.29 is 14.7 Å². The van der Waals surface area contributed by atoms with Gasteiger partial charge >= 0.3 is 5.97 Å². The maximum atomic E-state index is 12.8. The van der Waals surface area contributed by atoms with Crippen molar-refractivity contribution >= 4 is 28.5 Å². The number of aromatic nitrogens is 1. The van der Waals surface area contributed by atoms with Gasteiger partial charge in [-0.2, -0.15) is 0 Å². The van der Waals surface area contributed by atoms with Crippen molar-refractivity contribution in [3.05, 3.63) is 65.4 Å². The molecular formula is C20H20N2O3. The number of para-hydroxylation sites is 1. The predicted octanol–water partition coefficient (Wildman–Crippen LogP) is 3.85. The number of nitrogens with zero attached hydrogens (tertiary/aromatic N) is 1. The second kappa shape index (κ2) is 6.81. The summed E-state index contributed by atoms with van der Waals surface area (Å²) < 4.78 is 2.01. The summed E-state index contributed by atoms with van der Waals surface area (Å²) in [7, 11) is 0. The topological polar surface area (TPSA) is 71.3 Å². The molecule has 0 unspecified atom stereocenters. The summed E-state index contributed by atoms with van der Waals surface area (Å²) in [5.74, 6) is -1.04. The van der Waals surface area contributed by atoms with Crippen LogP contribution in [0.1, 0.15) is 28.5 Å². The minimum absolute atomic E-state index is 0.0303. The highest BCUT2D eigenvalue weighted by Crippen LogP contribution is 2.26. The number of carbonyl (C=O) groups is 2. The van der Waals surface area contributed by atoms with Crippen LogP contribution in [0.2, 0.25) is 0 Å². The Kier molecular flexibility index (Phi) is 4.57. The number of aryl methyl sites for hydroxylation is 2. The van der Waals surface area contributed by atoms with Crippen LogP contribution >= 0.6 is 0 Å². The third kappa shape index (κ3) is 3.26. The third-order valence-corrected chi connectivity index (χ3v) is 4.32. The van der Waals surface area contributed by atoms with Gasteiger partial charge in [0.25, 0.3) is 5.91 Å². The smallest absolute Gasteiger partial charge is 0.307 e. The van der Waals surface area contributed by atoms with Crippen LogP contribution in [0.5, 0.6) is 0 Å². The summed E-state index contributed by atoms with van der Waals surface area (Å²) in [6, 6.07) is 14.9. The number of carboxylic acid groups (broad SMARTS) is 1. The molecule has 25 heavy (non-hydrogen) atoms. The van der Waals surface area contributed by atoms with Crippen molar-refractivity contribution in [1.29, 1.82) is 0 Å². The molecule has 1 heterocycles. The number of rotatable bonds is 5. The van der Waals surface area contributed by atoms with Crippen molar-refractivity contribution in [2.24, 2.45) is 0 Å². The van der Waals surface area contributed by atoms with Crippen molar-refractivity contribution in [1.82, 2.24) is 4.57 Å². The van der Waals surface area contributed by atoms with Gasteiger partial charge in [0, 0.05) is 23.1 Å². The van der Waals surface area contributed by atoms with Gasteiger partial charge in [-0.25, -0.2) is 0 Å². The zero-order chi connectivity index (χ0) is 18.0. The molecule has 0 saturated heterocycles. The van der Waals surface area contributed by atoms with Crippen LogP contribution in [0.15, 0.2) is 48.5 Å². The number of amides is 1. The number of carboxylic acids is 1. The van der Waals surface area contributed by atoms with Crippen LogP contribution in [-0.4, -0.2) is 21.6 Å². The molecule has 1 aromatic heterocycles. The molecule has 0 aliphatic rings. The van der Waals surface area contributed by atoms with Crippen LogP contribution in [0.4, 0.5) is 5.69 Å². The summed E-state index contributed by atoms with van der Waals surface area (Å²) in [5, 5.41) is 12.8. The van der Waals surface area contributed by atoms with Gasteiger partial charge in [-0.15, -0.1) is 0 Å². The number of nitrogens with one attached hydrogen (secondary N) is 1. The van der Waals surface area contributed by atoms with Gasteiger partial charge in [-0.05, 0) is 43.2 Å². The van der Waals surface area contributed by atoms with Gasteiger partial charge in [0.15, 0.2) is 0 Å². The number of hydrogen-bond acceptors (Lipinski definition) is 2. The van der Waals surface area contributed by atoms with Crippen LogP contribution < -0.4 is 5.32 Å². The molecule has 2 aromatic carbocycles. The Morgan fingerprint density at radius 2 is 1.76 bits per heavy atom. The number of aliphatic carboxylic acids is 1. The number of carbonyl (C=O) groups excluding carboxylic acids is 1. The molecule has 128 valence electrons. The van der Waals surface area contributed by atoms with E-state index in [1.807, 2.05) is 42.7 Å². The number of benzene rings is 2. The summed E-state index contributed by atoms with van der Waals surface area (Å²) in [6.45, 7) is 4.68. The third-order valence-electron chi connectivity index (χ3n) is 4.32. The van der Waals surface area contributed by atoms with Gasteiger partial charge in [0.2, 0.25) is 0 Å². The largest absolute Gasteiger partial charge is 0.481 e. The first-order valence-electron chi connectivity index (χ1n) is 8.21. The Labute approximate surface area is 145 Å². The lowest BCUT2D eigenvalue weighted by molar-refractivity contribution is -0.136. The average Bonchev–Trinajstić information content (AvgIpc) is 2.89. The van der Waals surface area contributed by atoms with E-state index in [1.165, 1.54) is 0 Å². The molecule has 0 atom stereocenters. The molecule has 0 aliphatic carbocycles. The molecule has 0 saturated carbocycles. The molecule has 3 rings (SSSR count). The predicted molar refractivity (Wildman–Crippen MR) is 98.1 cm³/mol. The molecule has 0 spiro atoms. The van der Waals surface area contributed by atoms with E-state index < -0.39 is 5.97 Å². The Hall–Kier alpha value is -3.08. The van der Waals surface area contributed by atoms with Crippen LogP contribution in [0.25, 0.3) is 10.9 Å². The first kappa shape index (κ1) is 16.8. The Balaban J connectivity index is 1.90. The number of fused-ring (bicyclic) bond motifs is 1. The van der Waals surface area contributed by atoms with E-state index in [4.69, 9.17) is 5.11 Å². The highest BCUT2D eigenvalue weighted by molar-refractivity contribution is 6.08. The van der Waals surface area contributed by atoms with Crippen molar-refractivity contribution in [3.63, 3.8) is 0 Å². The average molecular weight is 336 g/mol. The van der Waals surface area contributed by atoms with Gasteiger partial charge < -0.3 is 15.0 Å². The van der Waals surface area contributed by atoms with Gasteiger partial charge in [0.1, 0.15) is 5.69 Å². The monoisotopic (exact) mass is 336 g/mol. The van der Waals surface area contributed by atoms with Gasteiger partial charge in [0.05, 0.1) is 6.42 Å². The first-order valence-corrected chi connectivity index (χ1v) is 8.21. The molecular weight excluding hydrogens is 316 g/mol. The standard InChI is InChI=1S/C20H20N2O3/c1-3-22-17-7-5-4-6-16(17)13(2)19(22)20(25)21-15-10-8-14(9-11-15)12-18(23)24/h4-11H,3,12H2,1-2H3,(H,21,25)(H,23,24). The van der Waals surface area contributed by atoms with Gasteiger partial charge in [-0.1, -0.05) is 30.3 Å². The number of hydrogen-bond donors (Lipinski definition) is 2. The van der Waals surface area contributed by atoms with Crippen molar-refractivity contribution in [2.45, 2.75) is 26.8 Å². The summed E-state index contributed by atoms with van der Waals surface area (Å²) in [6.07, 6.45) is -0.0303. The molecule has 0 aliphatic heterocycles. The maximum absolute atomic E-state index is 12.8. The molecule has 0 radical (unpaired) electrons. The number of anilines is 1. The van der Waals surface area contributed by atoms with E-state index in [9.17, 15) is 9.59 Å². The van der Waals surface area contributed by atoms with Gasteiger partial charge in [-0.3, -0.25) is 9.59 Å². The second-order valence-electron chi connectivity index (χ2n) is 5.96. The fourth-order valence-electron chi connectivity index (χ4n) is 3.17. The van der Waals surface area contributed by atoms with Crippen LogP contribution in [0, 0.1) is 6.92 Å². The molecule has 5 heteroatoms. The van der Waals surface area contributed by atoms with E-state index in [1.54, 1.807) is 24.3 Å². The quantitative estimate of drug-likeness (QED) is 0.743. The highest BCUT2D eigenvalue weighted by Gasteiger charge is 2.19. The van der Waals surface area contributed by atoms with E-state index in [0.29, 0.717) is 23.5 Å². The fourth-order valence-corrected chi connectivity index (χ4v) is 3.17. The van der Waals surface area contributed by atoms with E-state index in [-0.39, 0.29) is 12.3 Å². The molecule has 5 nitrogen and oxygen atoms in total. The molecule has 1 amide bonds. The lowest BCUT2D eigenvalue weighted by Gasteiger charge is -2.10. The van der Waals surface area contributed by atoms with E-state index in [0.717, 1.165) is 16.5 Å². The summed E-state index contributed by atoms with van der Waals surface area (Å²) in [5.41, 5.74) is 4.00. The summed E-state index contributed by atoms with van der Waals surface area (Å²) in [4.78, 5) is 23.6. The summed E-state index contributed by atoms with van der Waals surface area (Å²) >= 11 is 0. The zero-order valence-electron chi connectivity index (χ0n) is 14.2. The Morgan fingerprint density at radius 3 is 2.40 bits per heavy atom. The first-order chi connectivity index (χ1) is 12.0. The second-order valence-corrected chi connectivity index (χ2v) is 5.96. The van der Waals surface area contributed by atoms with E-state index in [2.05, 4.69) is 5.32 Å². The zero-order valence-corrected chi connectivity index (χ0v) is 14.2. The fraction of sp³-hybridized carbons (Fsp3) is 0.200. The molecule has 3 aromatic rings. The van der Waals surface area contributed by atoms with Crippen LogP contribution in [0.3, 0.4) is 0 Å². The lowest BCUT2D eigenvalue weighted by Crippen LogP contribution is -2.17. The Morgan fingerprint density at radius 1 is 1.08 bits per heavy atom. The molecule has 2 N–H and O–H groups in total. The lowest BCUT2D eigenvalue weighted by atomic mass is 10.1. The normalized spacial score (nSPS) is 10.8. The van der Waals surface area contributed by atoms with E-state index >= 15 is 0 Å². The SMILES string of the molecule is CCn1c(C(=O)Nc2ccc(CC(=O)O)cc2)c(C)c2ccccc21. The van der Waals surface area contributed by atoms with Crippen LogP contribution in [-0.2, 0) is 17.8 Å². The maximum Gasteiger partial charge on any atom is 0.307 e. The minimum atomic E-state index is -0.875. The highest BCUT2D eigenvalue weighted by atomic mass is 16.4. The Bertz CT molecular complexity index is 939. The minimum Gasteiger partial charge on any atom is -0.481 e. The van der Waals surface area contributed by atoms with Crippen molar-refractivity contribution in [3.8, 4) is 0 Å². The molecule has 0 fully saturated rings. The molecule has 0 bridgehead atoms. The van der Waals surface area contributed by atoms with Crippen molar-refractivity contribution in [2.75, 3.05) is 5.32 Å².